The maximum Gasteiger partial charge on any atom is 0.417 e. The second kappa shape index (κ2) is 9.11. The van der Waals surface area contributed by atoms with Crippen LogP contribution in [0.1, 0.15) is 18.9 Å². The van der Waals surface area contributed by atoms with Gasteiger partial charge < -0.3 is 15.1 Å². The van der Waals surface area contributed by atoms with Crippen LogP contribution in [0.25, 0.3) is 0 Å². The zero-order chi connectivity index (χ0) is 17.9. The monoisotopic (exact) mass is 491 g/mol. The minimum atomic E-state index is -4.44. The Kier molecular flexibility index (Phi) is 8.04. The second-order valence-corrected chi connectivity index (χ2v) is 6.20. The highest BCUT2D eigenvalue weighted by molar-refractivity contribution is 14.0. The highest BCUT2D eigenvalue weighted by atomic mass is 127. The van der Waals surface area contributed by atoms with Crippen molar-refractivity contribution in [3.8, 4) is 0 Å². The minimum Gasteiger partial charge on any atom is -0.353 e. The van der Waals surface area contributed by atoms with E-state index in [1.165, 1.54) is 0 Å². The van der Waals surface area contributed by atoms with E-state index in [0.29, 0.717) is 25.5 Å². The summed E-state index contributed by atoms with van der Waals surface area (Å²) in [7, 11) is 3.81. The number of aliphatic imine (C=N–C) groups is 1. The SMILES string of the molecule is CCN=C(NC1CCN(c2ncc(C(F)(F)F)cc2Cl)C1)N(C)C.I. The van der Waals surface area contributed by atoms with E-state index in [0.717, 1.165) is 24.6 Å². The van der Waals surface area contributed by atoms with Gasteiger partial charge in [-0.25, -0.2) is 4.98 Å². The number of nitrogens with one attached hydrogen (secondary N) is 1. The lowest BCUT2D eigenvalue weighted by molar-refractivity contribution is -0.137. The lowest BCUT2D eigenvalue weighted by atomic mass is 10.2. The van der Waals surface area contributed by atoms with Crippen molar-refractivity contribution >= 4 is 47.4 Å². The Labute approximate surface area is 167 Å². The number of rotatable bonds is 3. The number of halogens is 5. The number of hydrogen-bond acceptors (Lipinski definition) is 3. The van der Waals surface area contributed by atoms with Crippen LogP contribution in [0.5, 0.6) is 0 Å². The average molecular weight is 492 g/mol. The van der Waals surface area contributed by atoms with Crippen LogP contribution in [0.4, 0.5) is 19.0 Å². The number of pyridine rings is 1. The molecule has 1 N–H and O–H groups in total. The molecule has 0 amide bonds. The normalized spacial score (nSPS) is 18.1. The van der Waals surface area contributed by atoms with Gasteiger partial charge >= 0.3 is 6.18 Å². The van der Waals surface area contributed by atoms with Gasteiger partial charge in [0.1, 0.15) is 5.82 Å². The highest BCUT2D eigenvalue weighted by Crippen LogP contribution is 2.34. The van der Waals surface area contributed by atoms with E-state index in [4.69, 9.17) is 11.6 Å². The van der Waals surface area contributed by atoms with Gasteiger partial charge in [0.05, 0.1) is 10.6 Å². The van der Waals surface area contributed by atoms with E-state index in [9.17, 15) is 13.2 Å². The zero-order valence-corrected chi connectivity index (χ0v) is 17.4. The molecule has 1 aliphatic rings. The van der Waals surface area contributed by atoms with E-state index >= 15 is 0 Å². The smallest absolute Gasteiger partial charge is 0.353 e. The molecule has 5 nitrogen and oxygen atoms in total. The Bertz CT molecular complexity index is 609. The van der Waals surface area contributed by atoms with Crippen molar-refractivity contribution in [1.29, 1.82) is 0 Å². The van der Waals surface area contributed by atoms with Crippen molar-refractivity contribution in [3.63, 3.8) is 0 Å². The van der Waals surface area contributed by atoms with Crippen LogP contribution in [0.3, 0.4) is 0 Å². The standard InChI is InChI=1S/C15H21ClF3N5.HI/c1-4-20-14(23(2)3)22-11-5-6-24(9-11)13-12(16)7-10(8-21-13)15(17,18)19;/h7-8,11H,4-6,9H2,1-3H3,(H,20,22);1H. The van der Waals surface area contributed by atoms with Gasteiger partial charge in [0.15, 0.2) is 5.96 Å². The van der Waals surface area contributed by atoms with Gasteiger partial charge in [0, 0.05) is 46.0 Å². The highest BCUT2D eigenvalue weighted by Gasteiger charge is 2.33. The van der Waals surface area contributed by atoms with Gasteiger partial charge in [0.25, 0.3) is 0 Å². The van der Waals surface area contributed by atoms with Crippen LogP contribution >= 0.6 is 35.6 Å². The van der Waals surface area contributed by atoms with Gasteiger partial charge in [-0.1, -0.05) is 11.6 Å². The second-order valence-electron chi connectivity index (χ2n) is 5.80. The Balaban J connectivity index is 0.00000312. The molecule has 10 heteroatoms. The van der Waals surface area contributed by atoms with Gasteiger partial charge in [0.2, 0.25) is 0 Å². The molecule has 0 radical (unpaired) electrons. The van der Waals surface area contributed by atoms with Crippen LogP contribution in [0.15, 0.2) is 17.3 Å². The summed E-state index contributed by atoms with van der Waals surface area (Å²) in [5.74, 6) is 1.17. The van der Waals surface area contributed by atoms with Crippen LogP contribution in [0.2, 0.25) is 5.02 Å². The molecule has 142 valence electrons. The molecule has 0 aromatic carbocycles. The molecule has 1 aromatic rings. The Hall–Kier alpha value is -0.970. The van der Waals surface area contributed by atoms with Gasteiger partial charge in [-0.3, -0.25) is 4.99 Å². The van der Waals surface area contributed by atoms with Crippen LogP contribution < -0.4 is 10.2 Å². The van der Waals surface area contributed by atoms with E-state index < -0.39 is 11.7 Å². The number of hydrogen-bond donors (Lipinski definition) is 1. The number of nitrogens with zero attached hydrogens (tertiary/aromatic N) is 4. The molecule has 1 atom stereocenters. The first kappa shape index (κ1) is 22.1. The van der Waals surface area contributed by atoms with Gasteiger partial charge in [-0.15, -0.1) is 24.0 Å². The molecule has 1 aromatic heterocycles. The van der Waals surface area contributed by atoms with Crippen LogP contribution in [0, 0.1) is 0 Å². The molecular weight excluding hydrogens is 470 g/mol. The molecule has 0 spiro atoms. The molecule has 1 unspecified atom stereocenters. The van der Waals surface area contributed by atoms with Crippen molar-refractivity contribution in [2.75, 3.05) is 38.6 Å². The summed E-state index contributed by atoms with van der Waals surface area (Å²) in [5.41, 5.74) is -0.838. The molecule has 2 heterocycles. The third-order valence-corrected chi connectivity index (χ3v) is 3.98. The molecule has 2 rings (SSSR count). The Morgan fingerprint density at radius 2 is 2.16 bits per heavy atom. The number of anilines is 1. The van der Waals surface area contributed by atoms with E-state index in [1.54, 1.807) is 0 Å². The third-order valence-electron chi connectivity index (χ3n) is 3.70. The first-order valence-electron chi connectivity index (χ1n) is 7.68. The number of aromatic nitrogens is 1. The predicted molar refractivity (Wildman–Crippen MR) is 105 cm³/mol. The molecule has 0 bridgehead atoms. The summed E-state index contributed by atoms with van der Waals surface area (Å²) in [5, 5.41) is 3.37. The van der Waals surface area contributed by atoms with Crippen molar-refractivity contribution in [1.82, 2.24) is 15.2 Å². The maximum absolute atomic E-state index is 12.7. The fraction of sp³-hybridized carbons (Fsp3) is 0.600. The molecular formula is C15H22ClF3IN5. The summed E-state index contributed by atoms with van der Waals surface area (Å²) < 4.78 is 38.1. The lowest BCUT2D eigenvalue weighted by Gasteiger charge is -2.23. The van der Waals surface area contributed by atoms with Crippen LogP contribution in [-0.4, -0.2) is 55.6 Å². The topological polar surface area (TPSA) is 43.8 Å². The molecule has 1 fully saturated rings. The summed E-state index contributed by atoms with van der Waals surface area (Å²) in [6.07, 6.45) is -2.79. The largest absolute Gasteiger partial charge is 0.417 e. The van der Waals surface area contributed by atoms with Gasteiger partial charge in [-0.2, -0.15) is 13.2 Å². The fourth-order valence-corrected chi connectivity index (χ4v) is 2.82. The molecule has 25 heavy (non-hydrogen) atoms. The van der Waals surface area contributed by atoms with Crippen molar-refractivity contribution in [2.24, 2.45) is 4.99 Å². The van der Waals surface area contributed by atoms with Crippen molar-refractivity contribution in [2.45, 2.75) is 25.6 Å². The minimum absolute atomic E-state index is 0. The molecule has 0 aliphatic carbocycles. The predicted octanol–water partition coefficient (Wildman–Crippen LogP) is 3.48. The van der Waals surface area contributed by atoms with Crippen molar-refractivity contribution < 1.29 is 13.2 Å². The molecule has 1 saturated heterocycles. The first-order chi connectivity index (χ1) is 11.2. The summed E-state index contributed by atoms with van der Waals surface area (Å²) in [6.45, 7) is 3.90. The Morgan fingerprint density at radius 3 is 2.68 bits per heavy atom. The Morgan fingerprint density at radius 1 is 1.48 bits per heavy atom. The van der Waals surface area contributed by atoms with E-state index in [-0.39, 0.29) is 35.0 Å². The quantitative estimate of drug-likeness (QED) is 0.400. The fourth-order valence-electron chi connectivity index (χ4n) is 2.54. The van der Waals surface area contributed by atoms with Crippen LogP contribution in [-0.2, 0) is 6.18 Å². The first-order valence-corrected chi connectivity index (χ1v) is 8.06. The number of guanidine groups is 1. The summed E-state index contributed by atoms with van der Waals surface area (Å²) in [4.78, 5) is 12.1. The lowest BCUT2D eigenvalue weighted by Crippen LogP contribution is -2.44. The molecule has 0 saturated carbocycles. The summed E-state index contributed by atoms with van der Waals surface area (Å²) in [6, 6.07) is 1.06. The maximum atomic E-state index is 12.7. The van der Waals surface area contributed by atoms with Crippen molar-refractivity contribution in [3.05, 3.63) is 22.8 Å². The third kappa shape index (κ3) is 5.77. The van der Waals surface area contributed by atoms with E-state index in [1.807, 2.05) is 30.8 Å². The average Bonchev–Trinajstić information content (AvgIpc) is 2.94. The molecule has 1 aliphatic heterocycles. The summed E-state index contributed by atoms with van der Waals surface area (Å²) >= 11 is 6.01. The zero-order valence-electron chi connectivity index (χ0n) is 14.3. The van der Waals surface area contributed by atoms with Gasteiger partial charge in [-0.05, 0) is 19.4 Å². The number of alkyl halides is 3. The van der Waals surface area contributed by atoms with E-state index in [2.05, 4.69) is 15.3 Å².